The maximum atomic E-state index is 5.59. The lowest BCUT2D eigenvalue weighted by atomic mass is 10.5. The predicted molar refractivity (Wildman–Crippen MR) is 51.7 cm³/mol. The maximum Gasteiger partial charge on any atom is 0.197 e. The Morgan fingerprint density at radius 2 is 2.23 bits per heavy atom. The first-order chi connectivity index (χ1) is 6.27. The Morgan fingerprint density at radius 1 is 1.38 bits per heavy atom. The Balaban J connectivity index is 2.49. The summed E-state index contributed by atoms with van der Waals surface area (Å²) in [7, 11) is 0. The highest BCUT2D eigenvalue weighted by molar-refractivity contribution is 9.10. The van der Waals surface area contributed by atoms with Gasteiger partial charge in [-0.2, -0.15) is 0 Å². The van der Waals surface area contributed by atoms with Gasteiger partial charge >= 0.3 is 0 Å². The molecule has 0 atom stereocenters. The van der Waals surface area contributed by atoms with E-state index in [0.717, 1.165) is 0 Å². The number of anilines is 1. The highest BCUT2D eigenvalue weighted by Crippen LogP contribution is 2.17. The summed E-state index contributed by atoms with van der Waals surface area (Å²) >= 11 is 3.21. The lowest BCUT2D eigenvalue weighted by Crippen LogP contribution is -1.97. The molecule has 2 rings (SSSR count). The number of nitrogens with two attached hydrogens (primary N) is 1. The van der Waals surface area contributed by atoms with E-state index in [0.29, 0.717) is 21.9 Å². The molecule has 0 bridgehead atoms. The van der Waals surface area contributed by atoms with E-state index in [4.69, 9.17) is 5.73 Å². The fourth-order valence-corrected chi connectivity index (χ4v) is 1.07. The van der Waals surface area contributed by atoms with Crippen molar-refractivity contribution >= 4 is 21.7 Å². The van der Waals surface area contributed by atoms with Gasteiger partial charge in [0.05, 0.1) is 4.47 Å². The summed E-state index contributed by atoms with van der Waals surface area (Å²) in [5.41, 5.74) is 5.59. The van der Waals surface area contributed by atoms with Gasteiger partial charge in [0.25, 0.3) is 0 Å². The number of imidazole rings is 1. The highest BCUT2D eigenvalue weighted by Gasteiger charge is 2.05. The van der Waals surface area contributed by atoms with Crippen LogP contribution in [0.2, 0.25) is 0 Å². The molecule has 13 heavy (non-hydrogen) atoms. The van der Waals surface area contributed by atoms with Gasteiger partial charge in [-0.15, -0.1) is 0 Å². The van der Waals surface area contributed by atoms with Crippen LogP contribution in [0.4, 0.5) is 5.82 Å². The van der Waals surface area contributed by atoms with Crippen LogP contribution in [0, 0.1) is 0 Å². The van der Waals surface area contributed by atoms with Crippen LogP contribution in [0.5, 0.6) is 0 Å². The summed E-state index contributed by atoms with van der Waals surface area (Å²) in [6, 6.07) is 0. The minimum atomic E-state index is 0.404. The third-order valence-electron chi connectivity index (χ3n) is 1.48. The van der Waals surface area contributed by atoms with Crippen molar-refractivity contribution in [3.8, 4) is 11.6 Å². The standard InChI is InChI=1S/C7H6BrN5/c8-4-3-12-7(13-5(4)9)6-10-1-2-11-6/h1-3H,(H,10,11)(H2,9,12,13). The van der Waals surface area contributed by atoms with Crippen LogP contribution in [0.1, 0.15) is 0 Å². The fourth-order valence-electron chi connectivity index (χ4n) is 0.882. The van der Waals surface area contributed by atoms with Crippen molar-refractivity contribution < 1.29 is 0 Å². The lowest BCUT2D eigenvalue weighted by Gasteiger charge is -1.98. The number of nitrogens with one attached hydrogen (secondary N) is 1. The highest BCUT2D eigenvalue weighted by atomic mass is 79.9. The summed E-state index contributed by atoms with van der Waals surface area (Å²) in [6.07, 6.45) is 4.94. The van der Waals surface area contributed by atoms with Gasteiger partial charge in [-0.05, 0) is 15.9 Å². The molecule has 0 unspecified atom stereocenters. The van der Waals surface area contributed by atoms with Gasteiger partial charge in [-0.1, -0.05) is 0 Å². The van der Waals surface area contributed by atoms with Gasteiger partial charge in [0.1, 0.15) is 5.82 Å². The number of rotatable bonds is 1. The molecule has 0 aromatic carbocycles. The second-order valence-corrected chi connectivity index (χ2v) is 3.22. The quantitative estimate of drug-likeness (QED) is 0.784. The second-order valence-electron chi connectivity index (χ2n) is 2.36. The molecule has 6 heteroatoms. The molecule has 2 heterocycles. The number of halogens is 1. The Kier molecular flexibility index (Phi) is 1.97. The molecule has 2 aromatic heterocycles. The Hall–Kier alpha value is -1.43. The molecule has 0 amide bonds. The topological polar surface area (TPSA) is 80.5 Å². The SMILES string of the molecule is Nc1nc(-c2ncc[nH]2)ncc1Br. The lowest BCUT2D eigenvalue weighted by molar-refractivity contribution is 1.12. The number of nitrogen functional groups attached to an aromatic ring is 1. The van der Waals surface area contributed by atoms with Gasteiger partial charge < -0.3 is 10.7 Å². The van der Waals surface area contributed by atoms with E-state index in [1.807, 2.05) is 0 Å². The summed E-state index contributed by atoms with van der Waals surface area (Å²) in [5, 5.41) is 0. The predicted octanol–water partition coefficient (Wildman–Crippen LogP) is 1.21. The van der Waals surface area contributed by atoms with E-state index in [2.05, 4.69) is 35.9 Å². The average molecular weight is 240 g/mol. The number of hydrogen-bond donors (Lipinski definition) is 2. The molecular weight excluding hydrogens is 234 g/mol. The van der Waals surface area contributed by atoms with Crippen molar-refractivity contribution in [2.45, 2.75) is 0 Å². The Bertz CT molecular complexity index is 411. The van der Waals surface area contributed by atoms with Crippen molar-refractivity contribution in [3.63, 3.8) is 0 Å². The van der Waals surface area contributed by atoms with Gasteiger partial charge in [-0.25, -0.2) is 15.0 Å². The molecular formula is C7H6BrN5. The molecule has 5 nitrogen and oxygen atoms in total. The van der Waals surface area contributed by atoms with Crippen LogP contribution in [0.3, 0.4) is 0 Å². The molecule has 0 saturated heterocycles. The number of aromatic amines is 1. The van der Waals surface area contributed by atoms with E-state index < -0.39 is 0 Å². The smallest absolute Gasteiger partial charge is 0.197 e. The summed E-state index contributed by atoms with van der Waals surface area (Å²) in [6.45, 7) is 0. The zero-order valence-corrected chi connectivity index (χ0v) is 8.12. The summed E-state index contributed by atoms with van der Waals surface area (Å²) < 4.78 is 0.683. The van der Waals surface area contributed by atoms with Crippen molar-refractivity contribution in [2.24, 2.45) is 0 Å². The minimum absolute atomic E-state index is 0.404. The first-order valence-electron chi connectivity index (χ1n) is 3.55. The molecule has 0 aliphatic heterocycles. The van der Waals surface area contributed by atoms with Gasteiger partial charge in [0.15, 0.2) is 11.6 Å². The second kappa shape index (κ2) is 3.14. The minimum Gasteiger partial charge on any atom is -0.383 e. The normalized spacial score (nSPS) is 10.2. The molecule has 0 radical (unpaired) electrons. The van der Waals surface area contributed by atoms with Crippen LogP contribution in [-0.2, 0) is 0 Å². The largest absolute Gasteiger partial charge is 0.383 e. The molecule has 66 valence electrons. The van der Waals surface area contributed by atoms with Crippen molar-refractivity contribution in [1.82, 2.24) is 19.9 Å². The maximum absolute atomic E-state index is 5.59. The molecule has 0 aliphatic carbocycles. The van der Waals surface area contributed by atoms with Crippen LogP contribution >= 0.6 is 15.9 Å². The van der Waals surface area contributed by atoms with Gasteiger partial charge in [0.2, 0.25) is 0 Å². The van der Waals surface area contributed by atoms with Crippen molar-refractivity contribution in [3.05, 3.63) is 23.1 Å². The number of H-pyrrole nitrogens is 1. The van der Waals surface area contributed by atoms with Crippen LogP contribution in [-0.4, -0.2) is 19.9 Å². The van der Waals surface area contributed by atoms with E-state index in [-0.39, 0.29) is 0 Å². The van der Waals surface area contributed by atoms with Gasteiger partial charge in [-0.3, -0.25) is 0 Å². The fraction of sp³-hybridized carbons (Fsp3) is 0. The molecule has 2 aromatic rings. The van der Waals surface area contributed by atoms with E-state index in [1.54, 1.807) is 18.6 Å². The first kappa shape index (κ1) is 8.18. The Morgan fingerprint density at radius 3 is 2.85 bits per heavy atom. The summed E-state index contributed by atoms with van der Waals surface area (Å²) in [4.78, 5) is 15.0. The molecule has 0 spiro atoms. The van der Waals surface area contributed by atoms with Crippen LogP contribution in [0.15, 0.2) is 23.1 Å². The molecule has 0 aliphatic rings. The van der Waals surface area contributed by atoms with E-state index in [9.17, 15) is 0 Å². The number of hydrogen-bond acceptors (Lipinski definition) is 4. The monoisotopic (exact) mass is 239 g/mol. The molecule has 0 saturated carbocycles. The third-order valence-corrected chi connectivity index (χ3v) is 2.09. The Labute approximate surface area is 82.6 Å². The first-order valence-corrected chi connectivity index (χ1v) is 4.34. The molecule has 3 N–H and O–H groups in total. The number of nitrogens with zero attached hydrogens (tertiary/aromatic N) is 3. The van der Waals surface area contributed by atoms with Crippen molar-refractivity contribution in [2.75, 3.05) is 5.73 Å². The zero-order valence-electron chi connectivity index (χ0n) is 6.53. The number of aromatic nitrogens is 4. The van der Waals surface area contributed by atoms with E-state index >= 15 is 0 Å². The van der Waals surface area contributed by atoms with Crippen LogP contribution in [0.25, 0.3) is 11.6 Å². The van der Waals surface area contributed by atoms with E-state index in [1.165, 1.54) is 0 Å². The third kappa shape index (κ3) is 1.52. The molecule has 0 fully saturated rings. The summed E-state index contributed by atoms with van der Waals surface area (Å²) in [5.74, 6) is 1.51. The average Bonchev–Trinajstić information content (AvgIpc) is 2.62. The van der Waals surface area contributed by atoms with Crippen molar-refractivity contribution in [1.29, 1.82) is 0 Å². The zero-order chi connectivity index (χ0) is 9.26. The van der Waals surface area contributed by atoms with Gasteiger partial charge in [0, 0.05) is 18.6 Å². The van der Waals surface area contributed by atoms with Crippen LogP contribution < -0.4 is 5.73 Å².